The second-order valence-electron chi connectivity index (χ2n) is 10.2. The Kier molecular flexibility index (Phi) is 6.21. The highest BCUT2D eigenvalue weighted by Crippen LogP contribution is 2.53. The van der Waals surface area contributed by atoms with Gasteiger partial charge in [0.2, 0.25) is 0 Å². The smallest absolute Gasteiger partial charge is 0.169 e. The maximum absolute atomic E-state index is 12.8. The summed E-state index contributed by atoms with van der Waals surface area (Å²) in [6.45, 7) is 0. The maximum Gasteiger partial charge on any atom is 0.169 e. The number of benzene rings is 4. The maximum atomic E-state index is 12.8. The van der Waals surface area contributed by atoms with Crippen LogP contribution in [-0.4, -0.2) is 28.2 Å². The zero-order valence-corrected chi connectivity index (χ0v) is 20.7. The van der Waals surface area contributed by atoms with Gasteiger partial charge in [0.1, 0.15) is 23.4 Å². The van der Waals surface area contributed by atoms with Gasteiger partial charge in [-0.25, -0.2) is 0 Å². The molecular weight excluding hydrogens is 460 g/mol. The van der Waals surface area contributed by atoms with Crippen LogP contribution in [0.4, 0.5) is 0 Å². The fourth-order valence-electron chi connectivity index (χ4n) is 6.13. The summed E-state index contributed by atoms with van der Waals surface area (Å²) in [6.07, 6.45) is 1.62. The Morgan fingerprint density at radius 3 is 1.03 bits per heavy atom. The van der Waals surface area contributed by atoms with Crippen LogP contribution in [0.15, 0.2) is 121 Å². The first-order valence-electron chi connectivity index (χ1n) is 13.1. The first-order chi connectivity index (χ1) is 18.1. The van der Waals surface area contributed by atoms with Crippen LogP contribution in [0.5, 0.6) is 0 Å². The molecule has 1 saturated heterocycles. The normalized spacial score (nSPS) is 21.4. The van der Waals surface area contributed by atoms with E-state index < -0.39 is 29.2 Å². The fraction of sp³-hybridized carbons (Fsp3) is 0.273. The first kappa shape index (κ1) is 24.1. The van der Waals surface area contributed by atoms with E-state index in [1.54, 1.807) is 0 Å². The van der Waals surface area contributed by atoms with E-state index in [0.29, 0.717) is 22.3 Å². The average Bonchev–Trinajstić information content (AvgIpc) is 3.61. The van der Waals surface area contributed by atoms with Crippen LogP contribution in [0, 0.1) is 0 Å². The summed E-state index contributed by atoms with van der Waals surface area (Å²) in [5.41, 5.74) is -0.374. The molecule has 4 aromatic rings. The van der Waals surface area contributed by atoms with Crippen molar-refractivity contribution in [1.29, 1.82) is 0 Å². The number of hydrogen-bond acceptors (Lipinski definition) is 4. The Bertz CT molecular complexity index is 1120. The SMILES string of the molecule is OC(c1ccccc1)(c1ccccc1)[C@@H]1OC2(CCCC2)O[C@@H]1C(O)(c1ccccc1)c1ccccc1. The minimum absolute atomic E-state index is 0.693. The number of hydrogen-bond donors (Lipinski definition) is 2. The van der Waals surface area contributed by atoms with Gasteiger partial charge in [-0.3, -0.25) is 0 Å². The monoisotopic (exact) mass is 492 g/mol. The molecule has 4 heteroatoms. The summed E-state index contributed by atoms with van der Waals surface area (Å²) in [7, 11) is 0. The van der Waals surface area contributed by atoms with Crippen LogP contribution in [0.25, 0.3) is 0 Å². The molecule has 0 aromatic heterocycles. The molecule has 2 aliphatic rings. The minimum atomic E-state index is -1.57. The Balaban J connectivity index is 1.59. The van der Waals surface area contributed by atoms with Gasteiger partial charge in [-0.2, -0.15) is 0 Å². The molecule has 4 aromatic carbocycles. The lowest BCUT2D eigenvalue weighted by atomic mass is 9.72. The highest BCUT2D eigenvalue weighted by atomic mass is 16.8. The van der Waals surface area contributed by atoms with Crippen LogP contribution in [-0.2, 0) is 20.7 Å². The minimum Gasteiger partial charge on any atom is -0.378 e. The van der Waals surface area contributed by atoms with Crippen molar-refractivity contribution in [3.8, 4) is 0 Å². The predicted molar refractivity (Wildman–Crippen MR) is 143 cm³/mol. The van der Waals surface area contributed by atoms with Gasteiger partial charge in [0.15, 0.2) is 5.79 Å². The van der Waals surface area contributed by atoms with Crippen LogP contribution in [0.3, 0.4) is 0 Å². The van der Waals surface area contributed by atoms with E-state index in [2.05, 4.69) is 0 Å². The fourth-order valence-corrected chi connectivity index (χ4v) is 6.13. The third-order valence-corrected chi connectivity index (χ3v) is 8.00. The van der Waals surface area contributed by atoms with Crippen LogP contribution < -0.4 is 0 Å². The lowest BCUT2D eigenvalue weighted by Gasteiger charge is -2.42. The third-order valence-electron chi connectivity index (χ3n) is 8.00. The van der Waals surface area contributed by atoms with Crippen molar-refractivity contribution in [3.63, 3.8) is 0 Å². The van der Waals surface area contributed by atoms with E-state index in [1.165, 1.54) is 0 Å². The van der Waals surface area contributed by atoms with E-state index in [-0.39, 0.29) is 0 Å². The van der Waals surface area contributed by atoms with Crippen LogP contribution >= 0.6 is 0 Å². The molecular formula is C33H32O4. The highest BCUT2D eigenvalue weighted by Gasteiger charge is 2.63. The molecule has 37 heavy (non-hydrogen) atoms. The molecule has 0 bridgehead atoms. The molecule has 4 nitrogen and oxygen atoms in total. The van der Waals surface area contributed by atoms with Crippen molar-refractivity contribution in [3.05, 3.63) is 144 Å². The van der Waals surface area contributed by atoms with Crippen molar-refractivity contribution in [2.45, 2.75) is 54.9 Å². The zero-order valence-electron chi connectivity index (χ0n) is 20.7. The Morgan fingerprint density at radius 2 is 0.757 bits per heavy atom. The van der Waals surface area contributed by atoms with Gasteiger partial charge in [-0.05, 0) is 35.1 Å². The summed E-state index contributed by atoms with van der Waals surface area (Å²) in [4.78, 5) is 0. The molecule has 1 aliphatic heterocycles. The van der Waals surface area contributed by atoms with E-state index in [0.717, 1.165) is 25.7 Å². The summed E-state index contributed by atoms with van der Waals surface area (Å²) < 4.78 is 13.7. The molecule has 1 saturated carbocycles. The quantitative estimate of drug-likeness (QED) is 0.351. The van der Waals surface area contributed by atoms with Crippen molar-refractivity contribution in [2.75, 3.05) is 0 Å². The van der Waals surface area contributed by atoms with Crippen LogP contribution in [0.2, 0.25) is 0 Å². The molecule has 6 rings (SSSR count). The Morgan fingerprint density at radius 1 is 0.486 bits per heavy atom. The van der Waals surface area contributed by atoms with Crippen molar-refractivity contribution >= 4 is 0 Å². The predicted octanol–water partition coefficient (Wildman–Crippen LogP) is 5.91. The Labute approximate surface area is 218 Å². The molecule has 1 aliphatic carbocycles. The molecule has 2 fully saturated rings. The van der Waals surface area contributed by atoms with Gasteiger partial charge in [0.05, 0.1) is 0 Å². The van der Waals surface area contributed by atoms with E-state index in [1.807, 2.05) is 121 Å². The molecule has 0 amide bonds. The average molecular weight is 493 g/mol. The van der Waals surface area contributed by atoms with Crippen molar-refractivity contribution < 1.29 is 19.7 Å². The molecule has 0 radical (unpaired) electrons. The van der Waals surface area contributed by atoms with Gasteiger partial charge in [0, 0.05) is 12.8 Å². The third kappa shape index (κ3) is 4.01. The number of ether oxygens (including phenoxy) is 2. The second kappa shape index (κ2) is 9.55. The summed E-state index contributed by atoms with van der Waals surface area (Å²) in [6, 6.07) is 38.4. The largest absolute Gasteiger partial charge is 0.378 e. The van der Waals surface area contributed by atoms with E-state index in [9.17, 15) is 10.2 Å². The second-order valence-corrected chi connectivity index (χ2v) is 10.2. The summed E-state index contributed by atoms with van der Waals surface area (Å²) in [5.74, 6) is -0.857. The van der Waals surface area contributed by atoms with Gasteiger partial charge < -0.3 is 19.7 Å². The van der Waals surface area contributed by atoms with E-state index >= 15 is 0 Å². The van der Waals surface area contributed by atoms with Gasteiger partial charge in [-0.15, -0.1) is 0 Å². The zero-order chi connectivity index (χ0) is 25.3. The van der Waals surface area contributed by atoms with Crippen LogP contribution in [0.1, 0.15) is 47.9 Å². The molecule has 1 spiro atoms. The van der Waals surface area contributed by atoms with Gasteiger partial charge in [-0.1, -0.05) is 121 Å². The standard InChI is InChI=1S/C33H32O4/c34-32(25-15-5-1-6-16-25,26-17-7-2-8-18-26)29-30(37-31(36-29)23-13-14-24-31)33(35,27-19-9-3-10-20-27)28-21-11-4-12-22-28/h1-12,15-22,29-30,34-35H,13-14,23-24H2/t29-,30+. The molecule has 2 atom stereocenters. The summed E-state index contributed by atoms with van der Waals surface area (Å²) in [5, 5.41) is 25.6. The van der Waals surface area contributed by atoms with Crippen molar-refractivity contribution in [1.82, 2.24) is 0 Å². The number of rotatable bonds is 6. The van der Waals surface area contributed by atoms with E-state index in [4.69, 9.17) is 9.47 Å². The first-order valence-corrected chi connectivity index (χ1v) is 13.1. The van der Waals surface area contributed by atoms with Gasteiger partial charge in [0.25, 0.3) is 0 Å². The molecule has 188 valence electrons. The molecule has 1 heterocycles. The lowest BCUT2D eigenvalue weighted by molar-refractivity contribution is -0.192. The number of aliphatic hydroxyl groups is 2. The lowest BCUT2D eigenvalue weighted by Crippen LogP contribution is -2.54. The highest BCUT2D eigenvalue weighted by molar-refractivity contribution is 5.43. The van der Waals surface area contributed by atoms with Crippen molar-refractivity contribution in [2.24, 2.45) is 0 Å². The summed E-state index contributed by atoms with van der Waals surface area (Å²) >= 11 is 0. The molecule has 0 unspecified atom stereocenters. The molecule has 2 N–H and O–H groups in total. The van der Waals surface area contributed by atoms with Gasteiger partial charge >= 0.3 is 0 Å². The Hall–Kier alpha value is -3.28. The topological polar surface area (TPSA) is 58.9 Å².